The van der Waals surface area contributed by atoms with E-state index < -0.39 is 21.0 Å². The highest BCUT2D eigenvalue weighted by Crippen LogP contribution is 2.41. The monoisotopic (exact) mass is 429 g/mol. The molecule has 0 radical (unpaired) electrons. The number of carbonyl (C=O) groups is 2. The van der Waals surface area contributed by atoms with Gasteiger partial charge in [0.05, 0.1) is 32.9 Å². The number of fused-ring (bicyclic) bond motifs is 1. The number of thioether (sulfide) groups is 1. The SMILES string of the molecule is O=C1S/C(=C\c2cc3c(cc2[N+](=O)[O-])OCO3)C(=O)N1Cc1ccccc1[N+](=O)[O-]. The Kier molecular flexibility index (Phi) is 4.83. The molecule has 2 aromatic rings. The van der Waals surface area contributed by atoms with Crippen LogP contribution in [-0.2, 0) is 11.3 Å². The smallest absolute Gasteiger partial charge is 0.293 e. The van der Waals surface area contributed by atoms with Gasteiger partial charge in [-0.25, -0.2) is 0 Å². The first-order valence-corrected chi connectivity index (χ1v) is 9.22. The second-order valence-electron chi connectivity index (χ2n) is 6.18. The van der Waals surface area contributed by atoms with Crippen LogP contribution in [0, 0.1) is 20.2 Å². The summed E-state index contributed by atoms with van der Waals surface area (Å²) in [4.78, 5) is 47.3. The van der Waals surface area contributed by atoms with Crippen molar-refractivity contribution in [1.82, 2.24) is 4.90 Å². The highest BCUT2D eigenvalue weighted by molar-refractivity contribution is 8.18. The number of hydrogen-bond acceptors (Lipinski definition) is 9. The van der Waals surface area contributed by atoms with E-state index in [1.165, 1.54) is 36.4 Å². The van der Waals surface area contributed by atoms with Gasteiger partial charge in [-0.15, -0.1) is 0 Å². The predicted octanol–water partition coefficient (Wildman–Crippen LogP) is 3.47. The molecule has 1 fully saturated rings. The first kappa shape index (κ1) is 19.4. The summed E-state index contributed by atoms with van der Waals surface area (Å²) in [6.07, 6.45) is 1.23. The molecule has 0 aliphatic carbocycles. The minimum absolute atomic E-state index is 0.0412. The lowest BCUT2D eigenvalue weighted by molar-refractivity contribution is -0.385. The van der Waals surface area contributed by atoms with Gasteiger partial charge in [-0.05, 0) is 23.9 Å². The second-order valence-corrected chi connectivity index (χ2v) is 7.17. The number of carbonyl (C=O) groups excluding carboxylic acids is 2. The quantitative estimate of drug-likeness (QED) is 0.396. The lowest BCUT2D eigenvalue weighted by Crippen LogP contribution is -2.27. The van der Waals surface area contributed by atoms with E-state index in [1.807, 2.05) is 0 Å². The average molecular weight is 429 g/mol. The molecule has 12 heteroatoms. The van der Waals surface area contributed by atoms with Crippen molar-refractivity contribution < 1.29 is 28.9 Å². The van der Waals surface area contributed by atoms with E-state index in [0.717, 1.165) is 4.90 Å². The minimum atomic E-state index is -0.699. The van der Waals surface area contributed by atoms with E-state index >= 15 is 0 Å². The molecule has 30 heavy (non-hydrogen) atoms. The van der Waals surface area contributed by atoms with Gasteiger partial charge < -0.3 is 9.47 Å². The molecule has 0 aromatic heterocycles. The fraction of sp³-hybridized carbons (Fsp3) is 0.111. The Morgan fingerprint density at radius 1 is 1.03 bits per heavy atom. The van der Waals surface area contributed by atoms with Crippen LogP contribution in [0.2, 0.25) is 0 Å². The zero-order valence-electron chi connectivity index (χ0n) is 15.0. The summed E-state index contributed by atoms with van der Waals surface area (Å²) < 4.78 is 10.3. The minimum Gasteiger partial charge on any atom is -0.454 e. The van der Waals surface area contributed by atoms with Crippen LogP contribution in [0.1, 0.15) is 11.1 Å². The van der Waals surface area contributed by atoms with Gasteiger partial charge in [0, 0.05) is 11.6 Å². The van der Waals surface area contributed by atoms with Crippen LogP contribution in [-0.4, -0.2) is 32.7 Å². The Bertz CT molecular complexity index is 1150. The van der Waals surface area contributed by atoms with Gasteiger partial charge in [-0.2, -0.15) is 0 Å². The number of amides is 2. The van der Waals surface area contributed by atoms with Crippen molar-refractivity contribution in [1.29, 1.82) is 0 Å². The first-order valence-electron chi connectivity index (χ1n) is 8.41. The fourth-order valence-corrected chi connectivity index (χ4v) is 3.82. The number of nitrogens with zero attached hydrogens (tertiary/aromatic N) is 3. The second kappa shape index (κ2) is 7.48. The summed E-state index contributed by atoms with van der Waals surface area (Å²) in [7, 11) is 0. The van der Waals surface area contributed by atoms with Gasteiger partial charge in [0.2, 0.25) is 6.79 Å². The number of nitro benzene ring substituents is 2. The van der Waals surface area contributed by atoms with E-state index in [0.29, 0.717) is 11.8 Å². The Morgan fingerprint density at radius 2 is 1.70 bits per heavy atom. The molecule has 0 unspecified atom stereocenters. The number of ether oxygens (including phenoxy) is 2. The molecule has 4 rings (SSSR count). The van der Waals surface area contributed by atoms with Crippen molar-refractivity contribution in [3.8, 4) is 11.5 Å². The summed E-state index contributed by atoms with van der Waals surface area (Å²) >= 11 is 0.598. The summed E-state index contributed by atoms with van der Waals surface area (Å²) in [5.74, 6) is -0.204. The fourth-order valence-electron chi connectivity index (χ4n) is 2.99. The third-order valence-corrected chi connectivity index (χ3v) is 5.30. The van der Waals surface area contributed by atoms with Crippen molar-refractivity contribution in [2.75, 3.05) is 6.79 Å². The molecule has 11 nitrogen and oxygen atoms in total. The van der Waals surface area contributed by atoms with Crippen LogP contribution >= 0.6 is 11.8 Å². The highest BCUT2D eigenvalue weighted by atomic mass is 32.2. The van der Waals surface area contributed by atoms with E-state index in [1.54, 1.807) is 6.07 Å². The largest absolute Gasteiger partial charge is 0.454 e. The lowest BCUT2D eigenvalue weighted by atomic mass is 10.1. The zero-order valence-corrected chi connectivity index (χ0v) is 15.8. The van der Waals surface area contributed by atoms with E-state index in [2.05, 4.69) is 0 Å². The van der Waals surface area contributed by atoms with Crippen molar-refractivity contribution in [3.63, 3.8) is 0 Å². The molecule has 0 atom stereocenters. The number of nitro groups is 2. The lowest BCUT2D eigenvalue weighted by Gasteiger charge is -2.12. The Morgan fingerprint density at radius 3 is 2.40 bits per heavy atom. The summed E-state index contributed by atoms with van der Waals surface area (Å²) in [6.45, 7) is -0.370. The number of hydrogen-bond donors (Lipinski definition) is 0. The Hall–Kier alpha value is -3.93. The van der Waals surface area contributed by atoms with Crippen LogP contribution in [0.15, 0.2) is 41.3 Å². The molecular weight excluding hydrogens is 418 g/mol. The van der Waals surface area contributed by atoms with Crippen LogP contribution < -0.4 is 9.47 Å². The first-order chi connectivity index (χ1) is 14.3. The third-order valence-electron chi connectivity index (χ3n) is 4.40. The molecule has 152 valence electrons. The van der Waals surface area contributed by atoms with Crippen molar-refractivity contribution in [2.24, 2.45) is 0 Å². The molecule has 2 heterocycles. The molecule has 2 aliphatic heterocycles. The normalized spacial score (nSPS) is 16.4. The average Bonchev–Trinajstić information content (AvgIpc) is 3.27. The van der Waals surface area contributed by atoms with E-state index in [-0.39, 0.29) is 52.2 Å². The maximum absolute atomic E-state index is 12.7. The zero-order chi connectivity index (χ0) is 21.4. The maximum atomic E-state index is 12.7. The van der Waals surface area contributed by atoms with Gasteiger partial charge in [0.25, 0.3) is 22.5 Å². The number of rotatable bonds is 5. The molecule has 0 spiro atoms. The Labute approximate surface area is 172 Å². The summed E-state index contributed by atoms with van der Waals surface area (Å²) in [5, 5.41) is 21.9. The van der Waals surface area contributed by atoms with Crippen LogP contribution in [0.3, 0.4) is 0 Å². The number of para-hydroxylation sites is 1. The Balaban J connectivity index is 1.66. The molecule has 0 N–H and O–H groups in total. The third kappa shape index (κ3) is 3.43. The summed E-state index contributed by atoms with van der Waals surface area (Å²) in [5.41, 5.74) is -0.266. The molecular formula is C18H11N3O8S. The molecule has 2 aliphatic rings. The van der Waals surface area contributed by atoms with Crippen molar-refractivity contribution >= 4 is 40.4 Å². The molecule has 1 saturated heterocycles. The van der Waals surface area contributed by atoms with E-state index in [4.69, 9.17) is 9.47 Å². The molecule has 2 aromatic carbocycles. The number of imide groups is 1. The summed E-state index contributed by atoms with van der Waals surface area (Å²) in [6, 6.07) is 8.32. The van der Waals surface area contributed by atoms with Crippen molar-refractivity contribution in [2.45, 2.75) is 6.54 Å². The van der Waals surface area contributed by atoms with Crippen LogP contribution in [0.25, 0.3) is 6.08 Å². The standard InChI is InChI=1S/C18H11N3O8S/c22-17-16(6-11-5-14-15(29-9-28-14)7-13(11)21(26)27)30-18(23)19(17)8-10-3-1-2-4-12(10)20(24)25/h1-7H,8-9H2/b16-6-. The van der Waals surface area contributed by atoms with Gasteiger partial charge in [-0.3, -0.25) is 34.7 Å². The van der Waals surface area contributed by atoms with E-state index in [9.17, 15) is 29.8 Å². The number of benzene rings is 2. The van der Waals surface area contributed by atoms with Crippen molar-refractivity contribution in [3.05, 3.63) is 72.7 Å². The molecule has 0 bridgehead atoms. The van der Waals surface area contributed by atoms with Gasteiger partial charge in [0.1, 0.15) is 0 Å². The van der Waals surface area contributed by atoms with Crippen LogP contribution in [0.5, 0.6) is 11.5 Å². The van der Waals surface area contributed by atoms with Gasteiger partial charge >= 0.3 is 0 Å². The predicted molar refractivity (Wildman–Crippen MR) is 104 cm³/mol. The topological polar surface area (TPSA) is 142 Å². The highest BCUT2D eigenvalue weighted by Gasteiger charge is 2.37. The van der Waals surface area contributed by atoms with Gasteiger partial charge in [-0.1, -0.05) is 18.2 Å². The van der Waals surface area contributed by atoms with Gasteiger partial charge in [0.15, 0.2) is 11.5 Å². The molecule has 2 amide bonds. The maximum Gasteiger partial charge on any atom is 0.293 e. The molecule has 0 saturated carbocycles. The van der Waals surface area contributed by atoms with Crippen LogP contribution in [0.4, 0.5) is 16.2 Å².